The number of ether oxygens (including phenoxy) is 2. The fourth-order valence-electron chi connectivity index (χ4n) is 2.77. The smallest absolute Gasteiger partial charge is 0.266 e. The minimum Gasteiger partial charge on any atom is -0.496 e. The molecule has 1 N–H and O–H groups in total. The second-order valence-electron chi connectivity index (χ2n) is 6.66. The maximum Gasteiger partial charge on any atom is 0.266 e. The van der Waals surface area contributed by atoms with Crippen LogP contribution in [0.25, 0.3) is 6.08 Å². The number of hydrogen-bond acceptors (Lipinski definition) is 4. The molecule has 0 atom stereocenters. The van der Waals surface area contributed by atoms with Gasteiger partial charge in [0, 0.05) is 11.3 Å². The SMILES string of the molecule is COc1ccccc1/C=C(\C#N)C(=O)Nc1ccc(OCc2ccc(C)cc2)cc1. The van der Waals surface area contributed by atoms with Gasteiger partial charge in [-0.3, -0.25) is 4.79 Å². The van der Waals surface area contributed by atoms with Crippen molar-refractivity contribution in [3.05, 3.63) is 95.1 Å². The van der Waals surface area contributed by atoms with Gasteiger partial charge in [0.1, 0.15) is 29.7 Å². The number of nitrogens with zero attached hydrogens (tertiary/aromatic N) is 1. The number of carbonyl (C=O) groups excluding carboxylic acids is 1. The predicted octanol–water partition coefficient (Wildman–Crippen LogP) is 5.13. The molecule has 0 aromatic heterocycles. The molecular formula is C25H22N2O3. The van der Waals surface area contributed by atoms with E-state index in [1.807, 2.05) is 49.4 Å². The number of methoxy groups -OCH3 is 1. The van der Waals surface area contributed by atoms with E-state index < -0.39 is 5.91 Å². The number of rotatable bonds is 7. The van der Waals surface area contributed by atoms with Crippen molar-refractivity contribution < 1.29 is 14.3 Å². The summed E-state index contributed by atoms with van der Waals surface area (Å²) in [5, 5.41) is 12.1. The fraction of sp³-hybridized carbons (Fsp3) is 0.120. The molecule has 0 radical (unpaired) electrons. The van der Waals surface area contributed by atoms with E-state index in [2.05, 4.69) is 5.32 Å². The zero-order valence-electron chi connectivity index (χ0n) is 16.9. The Kier molecular flexibility index (Phi) is 6.86. The largest absolute Gasteiger partial charge is 0.496 e. The molecule has 0 bridgehead atoms. The van der Waals surface area contributed by atoms with Crippen LogP contribution in [0.15, 0.2) is 78.4 Å². The summed E-state index contributed by atoms with van der Waals surface area (Å²) in [5.41, 5.74) is 3.50. The van der Waals surface area contributed by atoms with Crippen molar-refractivity contribution in [3.8, 4) is 17.6 Å². The van der Waals surface area contributed by atoms with Gasteiger partial charge in [0.15, 0.2) is 0 Å². The number of nitriles is 1. The molecule has 0 saturated carbocycles. The van der Waals surface area contributed by atoms with Crippen molar-refractivity contribution in [3.63, 3.8) is 0 Å². The van der Waals surface area contributed by atoms with Gasteiger partial charge >= 0.3 is 0 Å². The van der Waals surface area contributed by atoms with Gasteiger partial charge in [-0.1, -0.05) is 48.0 Å². The highest BCUT2D eigenvalue weighted by Crippen LogP contribution is 2.22. The lowest BCUT2D eigenvalue weighted by atomic mass is 10.1. The molecule has 5 nitrogen and oxygen atoms in total. The summed E-state index contributed by atoms with van der Waals surface area (Å²) in [6.45, 7) is 2.51. The lowest BCUT2D eigenvalue weighted by Crippen LogP contribution is -2.13. The standard InChI is InChI=1S/C25H22N2O3/c1-18-7-9-19(10-8-18)17-30-23-13-11-22(12-14-23)27-25(28)21(16-26)15-20-5-3-4-6-24(20)29-2/h3-15H,17H2,1-2H3,(H,27,28)/b21-15+. The highest BCUT2D eigenvalue weighted by atomic mass is 16.5. The number of nitrogens with one attached hydrogen (secondary N) is 1. The summed E-state index contributed by atoms with van der Waals surface area (Å²) in [5.74, 6) is 0.795. The van der Waals surface area contributed by atoms with Gasteiger partial charge in [-0.05, 0) is 48.9 Å². The topological polar surface area (TPSA) is 71.3 Å². The summed E-state index contributed by atoms with van der Waals surface area (Å²) < 4.78 is 11.0. The molecule has 3 rings (SSSR count). The second-order valence-corrected chi connectivity index (χ2v) is 6.66. The molecule has 5 heteroatoms. The molecule has 30 heavy (non-hydrogen) atoms. The molecule has 1 amide bonds. The molecule has 0 aliphatic heterocycles. The highest BCUT2D eigenvalue weighted by Gasteiger charge is 2.11. The lowest BCUT2D eigenvalue weighted by Gasteiger charge is -2.09. The average Bonchev–Trinajstić information content (AvgIpc) is 2.78. The van der Waals surface area contributed by atoms with Crippen LogP contribution >= 0.6 is 0 Å². The fourth-order valence-corrected chi connectivity index (χ4v) is 2.77. The normalized spacial score (nSPS) is 10.8. The third-order valence-corrected chi connectivity index (χ3v) is 4.44. The van der Waals surface area contributed by atoms with Crippen molar-refractivity contribution in [1.82, 2.24) is 0 Å². The van der Waals surface area contributed by atoms with Gasteiger partial charge in [-0.15, -0.1) is 0 Å². The Balaban J connectivity index is 1.63. The number of anilines is 1. The average molecular weight is 398 g/mol. The number of aryl methyl sites for hydroxylation is 1. The van der Waals surface area contributed by atoms with Crippen molar-refractivity contribution >= 4 is 17.7 Å². The van der Waals surface area contributed by atoms with Gasteiger partial charge < -0.3 is 14.8 Å². The number of para-hydroxylation sites is 1. The molecule has 0 unspecified atom stereocenters. The van der Waals surface area contributed by atoms with Crippen LogP contribution in [0.3, 0.4) is 0 Å². The summed E-state index contributed by atoms with van der Waals surface area (Å²) in [6.07, 6.45) is 1.51. The zero-order chi connectivity index (χ0) is 21.3. The van der Waals surface area contributed by atoms with Crippen LogP contribution in [0.4, 0.5) is 5.69 Å². The van der Waals surface area contributed by atoms with Crippen molar-refractivity contribution in [2.45, 2.75) is 13.5 Å². The van der Waals surface area contributed by atoms with E-state index in [4.69, 9.17) is 9.47 Å². The third-order valence-electron chi connectivity index (χ3n) is 4.44. The van der Waals surface area contributed by atoms with Crippen molar-refractivity contribution in [2.75, 3.05) is 12.4 Å². The first kappa shape index (κ1) is 20.7. The van der Waals surface area contributed by atoms with Crippen LogP contribution < -0.4 is 14.8 Å². The first-order valence-electron chi connectivity index (χ1n) is 9.43. The van der Waals surface area contributed by atoms with Crippen LogP contribution in [-0.2, 0) is 11.4 Å². The van der Waals surface area contributed by atoms with Crippen LogP contribution in [0.2, 0.25) is 0 Å². The number of hydrogen-bond donors (Lipinski definition) is 1. The molecule has 0 aliphatic carbocycles. The van der Waals surface area contributed by atoms with Crippen molar-refractivity contribution in [1.29, 1.82) is 5.26 Å². The van der Waals surface area contributed by atoms with Crippen LogP contribution in [0.1, 0.15) is 16.7 Å². The Morgan fingerprint density at radius 3 is 2.40 bits per heavy atom. The molecule has 0 aliphatic rings. The molecule has 3 aromatic rings. The lowest BCUT2D eigenvalue weighted by molar-refractivity contribution is -0.112. The van der Waals surface area contributed by atoms with Crippen LogP contribution in [0.5, 0.6) is 11.5 Å². The summed E-state index contributed by atoms with van der Waals surface area (Å²) in [7, 11) is 1.54. The second kappa shape index (κ2) is 9.94. The Labute approximate surface area is 176 Å². The van der Waals surface area contributed by atoms with E-state index in [0.717, 1.165) is 5.56 Å². The summed E-state index contributed by atoms with van der Waals surface area (Å²) >= 11 is 0. The van der Waals surface area contributed by atoms with E-state index in [1.54, 1.807) is 43.5 Å². The minimum absolute atomic E-state index is 0.0146. The van der Waals surface area contributed by atoms with Crippen LogP contribution in [0, 0.1) is 18.3 Å². The summed E-state index contributed by atoms with van der Waals surface area (Å²) in [6, 6.07) is 24.3. The van der Waals surface area contributed by atoms with Gasteiger partial charge in [-0.2, -0.15) is 5.26 Å². The maximum absolute atomic E-state index is 12.5. The van der Waals surface area contributed by atoms with Gasteiger partial charge in [0.05, 0.1) is 7.11 Å². The van der Waals surface area contributed by atoms with Gasteiger partial charge in [-0.25, -0.2) is 0 Å². The predicted molar refractivity (Wildman–Crippen MR) is 117 cm³/mol. The molecular weight excluding hydrogens is 376 g/mol. The Hall–Kier alpha value is -4.04. The number of benzene rings is 3. The maximum atomic E-state index is 12.5. The third kappa shape index (κ3) is 5.49. The van der Waals surface area contributed by atoms with Gasteiger partial charge in [0.2, 0.25) is 0 Å². The van der Waals surface area contributed by atoms with E-state index in [9.17, 15) is 10.1 Å². The zero-order valence-corrected chi connectivity index (χ0v) is 16.9. The molecule has 150 valence electrons. The van der Waals surface area contributed by atoms with E-state index in [1.165, 1.54) is 11.6 Å². The molecule has 0 saturated heterocycles. The first-order valence-corrected chi connectivity index (χ1v) is 9.43. The monoisotopic (exact) mass is 398 g/mol. The molecule has 3 aromatic carbocycles. The highest BCUT2D eigenvalue weighted by molar-refractivity contribution is 6.09. The molecule has 0 fully saturated rings. The van der Waals surface area contributed by atoms with E-state index in [0.29, 0.717) is 29.4 Å². The molecule has 0 heterocycles. The number of amides is 1. The summed E-state index contributed by atoms with van der Waals surface area (Å²) in [4.78, 5) is 12.5. The Bertz CT molecular complexity index is 1080. The molecule has 0 spiro atoms. The van der Waals surface area contributed by atoms with Crippen molar-refractivity contribution in [2.24, 2.45) is 0 Å². The van der Waals surface area contributed by atoms with E-state index >= 15 is 0 Å². The van der Waals surface area contributed by atoms with E-state index in [-0.39, 0.29) is 5.57 Å². The Morgan fingerprint density at radius 1 is 1.03 bits per heavy atom. The number of carbonyl (C=O) groups is 1. The quantitative estimate of drug-likeness (QED) is 0.442. The van der Waals surface area contributed by atoms with Gasteiger partial charge in [0.25, 0.3) is 5.91 Å². The minimum atomic E-state index is -0.489. The Morgan fingerprint density at radius 2 is 1.73 bits per heavy atom. The van der Waals surface area contributed by atoms with Crippen LogP contribution in [-0.4, -0.2) is 13.0 Å². The first-order chi connectivity index (χ1) is 14.6.